The van der Waals surface area contributed by atoms with Gasteiger partial charge in [0.2, 0.25) is 11.2 Å². The van der Waals surface area contributed by atoms with Crippen LogP contribution in [0.25, 0.3) is 22.3 Å². The van der Waals surface area contributed by atoms with E-state index < -0.39 is 17.9 Å². The minimum Gasteiger partial charge on any atom is -0.476 e. The van der Waals surface area contributed by atoms with Gasteiger partial charge in [0.25, 0.3) is 5.91 Å². The number of nitrogens with zero attached hydrogens (tertiary/aromatic N) is 1. The van der Waals surface area contributed by atoms with Crippen LogP contribution in [0.4, 0.5) is 5.13 Å². The zero-order valence-corrected chi connectivity index (χ0v) is 17.9. The smallest absolute Gasteiger partial charge is 0.264 e. The van der Waals surface area contributed by atoms with E-state index in [4.69, 9.17) is 32.4 Å². The van der Waals surface area contributed by atoms with Gasteiger partial charge in [-0.05, 0) is 36.8 Å². The van der Waals surface area contributed by atoms with Crippen LogP contribution in [0, 0.1) is 6.92 Å². The molecule has 0 radical (unpaired) electrons. The standard InChI is InChI=1S/C21H14Cl2N2O4S/c1-11-8-16-13(9-15(11)23)18(27)20(19(29-16)12-4-2-3-5-14(12)22)28-10-17(26)25-21-24-6-7-30-21/h2-9H,10H2,1H3,(H,24,25,26). The first-order valence-electron chi connectivity index (χ1n) is 8.78. The van der Waals surface area contributed by atoms with Crippen LogP contribution in [0.5, 0.6) is 5.75 Å². The van der Waals surface area contributed by atoms with E-state index >= 15 is 0 Å². The van der Waals surface area contributed by atoms with Gasteiger partial charge in [-0.1, -0.05) is 35.3 Å². The number of fused-ring (bicyclic) bond motifs is 1. The van der Waals surface area contributed by atoms with Crippen LogP contribution in [-0.4, -0.2) is 17.5 Å². The SMILES string of the molecule is Cc1cc2oc(-c3ccccc3Cl)c(OCC(=O)Nc3nccs3)c(=O)c2cc1Cl. The van der Waals surface area contributed by atoms with Crippen molar-refractivity contribution >= 4 is 56.5 Å². The molecule has 0 atom stereocenters. The third-order valence-corrected chi connectivity index (χ3v) is 5.70. The molecule has 2 aromatic carbocycles. The number of aryl methyl sites for hydroxylation is 1. The molecule has 1 amide bonds. The van der Waals surface area contributed by atoms with Crippen LogP contribution in [0.2, 0.25) is 10.0 Å². The van der Waals surface area contributed by atoms with Crippen LogP contribution in [0.15, 0.2) is 57.2 Å². The molecule has 0 fully saturated rings. The highest BCUT2D eigenvalue weighted by Gasteiger charge is 2.21. The number of ether oxygens (including phenoxy) is 1. The van der Waals surface area contributed by atoms with E-state index in [2.05, 4.69) is 10.3 Å². The Bertz CT molecular complexity index is 1300. The number of aromatic nitrogens is 1. The predicted molar refractivity (Wildman–Crippen MR) is 119 cm³/mol. The number of halogens is 2. The summed E-state index contributed by atoms with van der Waals surface area (Å²) in [5, 5.41) is 5.81. The normalized spacial score (nSPS) is 10.9. The molecule has 0 aliphatic rings. The zero-order chi connectivity index (χ0) is 21.3. The summed E-state index contributed by atoms with van der Waals surface area (Å²) in [7, 11) is 0. The number of carbonyl (C=O) groups is 1. The molecule has 4 aromatic rings. The molecule has 0 spiro atoms. The highest BCUT2D eigenvalue weighted by atomic mass is 35.5. The first-order valence-corrected chi connectivity index (χ1v) is 10.4. The molecule has 0 bridgehead atoms. The molecule has 4 rings (SSSR count). The average molecular weight is 461 g/mol. The Kier molecular flexibility index (Phi) is 5.76. The summed E-state index contributed by atoms with van der Waals surface area (Å²) in [5.74, 6) is -0.442. The van der Waals surface area contributed by atoms with Crippen LogP contribution in [0.3, 0.4) is 0 Å². The van der Waals surface area contributed by atoms with Crippen LogP contribution in [0.1, 0.15) is 5.56 Å². The quantitative estimate of drug-likeness (QED) is 0.422. The van der Waals surface area contributed by atoms with Gasteiger partial charge in [0.05, 0.1) is 10.4 Å². The first-order chi connectivity index (χ1) is 14.4. The Morgan fingerprint density at radius 3 is 2.77 bits per heavy atom. The second-order valence-electron chi connectivity index (χ2n) is 6.34. The predicted octanol–water partition coefficient (Wildman–Crippen LogP) is 5.55. The van der Waals surface area contributed by atoms with E-state index in [0.717, 1.165) is 5.56 Å². The van der Waals surface area contributed by atoms with E-state index in [1.54, 1.807) is 41.9 Å². The fourth-order valence-corrected chi connectivity index (χ4v) is 3.76. The second-order valence-corrected chi connectivity index (χ2v) is 8.05. The lowest BCUT2D eigenvalue weighted by Crippen LogP contribution is -2.22. The van der Waals surface area contributed by atoms with Gasteiger partial charge in [0.15, 0.2) is 17.5 Å². The number of benzene rings is 2. The molecule has 6 nitrogen and oxygen atoms in total. The van der Waals surface area contributed by atoms with Crippen molar-refractivity contribution in [3.05, 3.63) is 73.8 Å². The fraction of sp³-hybridized carbons (Fsp3) is 0.0952. The van der Waals surface area contributed by atoms with Crippen molar-refractivity contribution in [3.63, 3.8) is 0 Å². The lowest BCUT2D eigenvalue weighted by Gasteiger charge is -2.13. The Hall–Kier alpha value is -2.87. The topological polar surface area (TPSA) is 81.4 Å². The van der Waals surface area contributed by atoms with Crippen molar-refractivity contribution in [1.29, 1.82) is 0 Å². The number of hydrogen-bond acceptors (Lipinski definition) is 6. The molecule has 1 N–H and O–H groups in total. The maximum Gasteiger partial charge on any atom is 0.264 e. The van der Waals surface area contributed by atoms with Gasteiger partial charge in [-0.15, -0.1) is 11.3 Å². The van der Waals surface area contributed by atoms with Crippen LogP contribution < -0.4 is 15.5 Å². The Morgan fingerprint density at radius 1 is 1.23 bits per heavy atom. The minimum atomic E-state index is -0.462. The molecular weight excluding hydrogens is 447 g/mol. The van der Waals surface area contributed by atoms with E-state index in [1.807, 2.05) is 6.92 Å². The minimum absolute atomic E-state index is 0.121. The summed E-state index contributed by atoms with van der Waals surface area (Å²) in [6, 6.07) is 10.1. The molecule has 0 saturated carbocycles. The van der Waals surface area contributed by atoms with Crippen molar-refractivity contribution in [2.24, 2.45) is 0 Å². The van der Waals surface area contributed by atoms with Crippen molar-refractivity contribution in [2.45, 2.75) is 6.92 Å². The third-order valence-electron chi connectivity index (χ3n) is 4.27. The molecule has 0 aliphatic heterocycles. The van der Waals surface area contributed by atoms with Crippen molar-refractivity contribution in [1.82, 2.24) is 4.98 Å². The molecule has 30 heavy (non-hydrogen) atoms. The highest BCUT2D eigenvalue weighted by Crippen LogP contribution is 2.36. The molecule has 2 aromatic heterocycles. The Labute approximate surface area is 185 Å². The average Bonchev–Trinajstić information content (AvgIpc) is 3.22. The molecule has 0 unspecified atom stereocenters. The summed E-state index contributed by atoms with van der Waals surface area (Å²) in [5.41, 5.74) is 1.13. The first kappa shape index (κ1) is 20.4. The van der Waals surface area contributed by atoms with Gasteiger partial charge < -0.3 is 9.15 Å². The van der Waals surface area contributed by atoms with E-state index in [1.165, 1.54) is 17.4 Å². The van der Waals surface area contributed by atoms with Gasteiger partial charge in [0.1, 0.15) is 5.58 Å². The lowest BCUT2D eigenvalue weighted by atomic mass is 10.1. The maximum absolute atomic E-state index is 13.2. The fourth-order valence-electron chi connectivity index (χ4n) is 2.83. The van der Waals surface area contributed by atoms with E-state index in [-0.39, 0.29) is 16.9 Å². The van der Waals surface area contributed by atoms with Gasteiger partial charge in [0, 0.05) is 22.2 Å². The molecule has 0 saturated heterocycles. The Morgan fingerprint density at radius 2 is 2.03 bits per heavy atom. The number of amides is 1. The van der Waals surface area contributed by atoms with Gasteiger partial charge in [-0.3, -0.25) is 14.9 Å². The van der Waals surface area contributed by atoms with E-state index in [9.17, 15) is 9.59 Å². The number of nitrogens with one attached hydrogen (secondary N) is 1. The maximum atomic E-state index is 13.2. The molecule has 2 heterocycles. The lowest BCUT2D eigenvalue weighted by molar-refractivity contribution is -0.118. The monoisotopic (exact) mass is 460 g/mol. The highest BCUT2D eigenvalue weighted by molar-refractivity contribution is 7.13. The van der Waals surface area contributed by atoms with Gasteiger partial charge in [-0.2, -0.15) is 0 Å². The Balaban J connectivity index is 1.79. The molecule has 9 heteroatoms. The molecular formula is C21H14Cl2N2O4S. The van der Waals surface area contributed by atoms with Crippen LogP contribution in [-0.2, 0) is 4.79 Å². The summed E-state index contributed by atoms with van der Waals surface area (Å²) in [6.45, 7) is 1.40. The number of hydrogen-bond donors (Lipinski definition) is 1. The second kappa shape index (κ2) is 8.47. The summed E-state index contributed by atoms with van der Waals surface area (Å²) < 4.78 is 11.6. The van der Waals surface area contributed by atoms with Gasteiger partial charge in [-0.25, -0.2) is 4.98 Å². The van der Waals surface area contributed by atoms with Crippen molar-refractivity contribution in [2.75, 3.05) is 11.9 Å². The third kappa shape index (κ3) is 4.05. The number of thiazole rings is 1. The number of carbonyl (C=O) groups excluding carboxylic acids is 1. The molecule has 0 aliphatic carbocycles. The molecule has 152 valence electrons. The zero-order valence-electron chi connectivity index (χ0n) is 15.6. The van der Waals surface area contributed by atoms with Crippen molar-refractivity contribution < 1.29 is 13.9 Å². The largest absolute Gasteiger partial charge is 0.476 e. The van der Waals surface area contributed by atoms with E-state index in [0.29, 0.717) is 26.3 Å². The summed E-state index contributed by atoms with van der Waals surface area (Å²) >= 11 is 13.8. The number of anilines is 1. The van der Waals surface area contributed by atoms with Gasteiger partial charge >= 0.3 is 0 Å². The number of rotatable bonds is 5. The van der Waals surface area contributed by atoms with Crippen LogP contribution >= 0.6 is 34.5 Å². The summed E-state index contributed by atoms with van der Waals surface area (Å²) in [6.07, 6.45) is 1.57. The van der Waals surface area contributed by atoms with Crippen molar-refractivity contribution in [3.8, 4) is 17.1 Å². The summed E-state index contributed by atoms with van der Waals surface area (Å²) in [4.78, 5) is 29.4.